The molecule has 3 aromatic rings. The maximum atomic E-state index is 12.4. The molecule has 0 fully saturated rings. The minimum absolute atomic E-state index is 0.0607. The van der Waals surface area contributed by atoms with Crippen LogP contribution in [-0.4, -0.2) is 27.8 Å². The van der Waals surface area contributed by atoms with Gasteiger partial charge in [-0.25, -0.2) is 15.0 Å². The van der Waals surface area contributed by atoms with Crippen molar-refractivity contribution in [3.63, 3.8) is 0 Å². The normalized spacial score (nSPS) is 11.8. The van der Waals surface area contributed by atoms with Crippen LogP contribution in [0.2, 0.25) is 0 Å². The quantitative estimate of drug-likeness (QED) is 0.714. The summed E-state index contributed by atoms with van der Waals surface area (Å²) < 4.78 is 28.9. The number of sulfonamides is 1. The number of hydrogen-bond acceptors (Lipinski definition) is 7. The summed E-state index contributed by atoms with van der Waals surface area (Å²) in [5.41, 5.74) is 5.67. The molecule has 0 radical (unpaired) electrons. The van der Waals surface area contributed by atoms with Crippen molar-refractivity contribution in [2.45, 2.75) is 5.03 Å². The Hall–Kier alpha value is -1.72. The summed E-state index contributed by atoms with van der Waals surface area (Å²) in [6.45, 7) is 0. The van der Waals surface area contributed by atoms with E-state index in [0.717, 1.165) is 0 Å². The maximum absolute atomic E-state index is 12.4. The van der Waals surface area contributed by atoms with Gasteiger partial charge in [-0.2, -0.15) is 8.42 Å². The molecule has 0 saturated heterocycles. The van der Waals surface area contributed by atoms with Crippen LogP contribution in [0.15, 0.2) is 33.6 Å². The third kappa shape index (κ3) is 2.23. The van der Waals surface area contributed by atoms with Gasteiger partial charge in [0.25, 0.3) is 10.0 Å². The largest absolute Gasteiger partial charge is 0.381 e. The lowest BCUT2D eigenvalue weighted by molar-refractivity contribution is 0.597. The van der Waals surface area contributed by atoms with Gasteiger partial charge >= 0.3 is 0 Å². The first-order valence-electron chi connectivity index (χ1n) is 5.19. The Balaban J connectivity index is 2.05. The van der Waals surface area contributed by atoms with Crippen molar-refractivity contribution >= 4 is 53.9 Å². The number of thiazole rings is 1. The summed E-state index contributed by atoms with van der Waals surface area (Å²) in [7, 11) is -3.90. The molecule has 8 nitrogen and oxygen atoms in total. The average Bonchev–Trinajstić information content (AvgIpc) is 2.91. The molecule has 0 amide bonds. The second-order valence-corrected chi connectivity index (χ2v) is 6.97. The number of nitrogen functional groups attached to an aromatic ring is 1. The molecule has 0 saturated carbocycles. The Morgan fingerprint density at radius 2 is 2.15 bits per heavy atom. The Labute approximate surface area is 125 Å². The Kier molecular flexibility index (Phi) is 3.11. The second kappa shape index (κ2) is 4.68. The van der Waals surface area contributed by atoms with Gasteiger partial charge in [0, 0.05) is 11.6 Å². The summed E-state index contributed by atoms with van der Waals surface area (Å²) in [6.07, 6.45) is 4.27. The molecule has 3 rings (SSSR count). The van der Waals surface area contributed by atoms with Crippen molar-refractivity contribution in [3.8, 4) is 0 Å². The molecule has 3 aromatic heterocycles. The molecule has 0 atom stereocenters. The molecular formula is C9H7BrN6O2S2. The van der Waals surface area contributed by atoms with Gasteiger partial charge in [0.15, 0.2) is 16.6 Å². The highest BCUT2D eigenvalue weighted by Gasteiger charge is 2.25. The number of fused-ring (bicyclic) bond motifs is 1. The van der Waals surface area contributed by atoms with Crippen LogP contribution in [0.5, 0.6) is 0 Å². The third-order valence-corrected chi connectivity index (χ3v) is 4.92. The lowest BCUT2D eigenvalue weighted by atomic mass is 10.7. The topological polar surface area (TPSA) is 115 Å². The maximum Gasteiger partial charge on any atom is 0.282 e. The van der Waals surface area contributed by atoms with Crippen molar-refractivity contribution in [2.75, 3.05) is 10.5 Å². The minimum Gasteiger partial charge on any atom is -0.381 e. The molecule has 3 N–H and O–H groups in total. The van der Waals surface area contributed by atoms with Crippen molar-refractivity contribution < 1.29 is 8.42 Å². The smallest absolute Gasteiger partial charge is 0.282 e. The highest BCUT2D eigenvalue weighted by molar-refractivity contribution is 9.10. The molecule has 0 bridgehead atoms. The first-order valence-corrected chi connectivity index (χ1v) is 8.34. The monoisotopic (exact) mass is 374 g/mol. The van der Waals surface area contributed by atoms with Gasteiger partial charge in [-0.3, -0.25) is 9.12 Å². The molecule has 20 heavy (non-hydrogen) atoms. The molecule has 0 aliphatic heterocycles. The molecule has 0 aliphatic rings. The van der Waals surface area contributed by atoms with E-state index in [1.165, 1.54) is 28.1 Å². The zero-order valence-electron chi connectivity index (χ0n) is 9.69. The van der Waals surface area contributed by atoms with Crippen molar-refractivity contribution in [3.05, 3.63) is 28.6 Å². The molecule has 104 valence electrons. The first-order chi connectivity index (χ1) is 9.47. The van der Waals surface area contributed by atoms with E-state index in [4.69, 9.17) is 5.73 Å². The zero-order valence-corrected chi connectivity index (χ0v) is 12.9. The fraction of sp³-hybridized carbons (Fsp3) is 0. The number of anilines is 2. The average molecular weight is 375 g/mol. The number of imidazole rings is 1. The highest BCUT2D eigenvalue weighted by Crippen LogP contribution is 2.24. The van der Waals surface area contributed by atoms with Crippen LogP contribution >= 0.6 is 27.3 Å². The second-order valence-electron chi connectivity index (χ2n) is 3.69. The van der Waals surface area contributed by atoms with Gasteiger partial charge in [0.05, 0.1) is 12.4 Å². The van der Waals surface area contributed by atoms with E-state index in [-0.39, 0.29) is 16.7 Å². The summed E-state index contributed by atoms with van der Waals surface area (Å²) in [5.74, 6) is 0.0344. The van der Waals surface area contributed by atoms with Gasteiger partial charge < -0.3 is 5.73 Å². The molecule has 0 aromatic carbocycles. The van der Waals surface area contributed by atoms with Gasteiger partial charge in [0.1, 0.15) is 4.60 Å². The number of rotatable bonds is 3. The van der Waals surface area contributed by atoms with Crippen LogP contribution in [0.25, 0.3) is 4.96 Å². The Morgan fingerprint density at radius 1 is 1.35 bits per heavy atom. The molecule has 0 aliphatic carbocycles. The van der Waals surface area contributed by atoms with E-state index in [2.05, 4.69) is 35.6 Å². The van der Waals surface area contributed by atoms with Crippen LogP contribution < -0.4 is 10.5 Å². The lowest BCUT2D eigenvalue weighted by Gasteiger charge is -2.06. The number of halogens is 1. The summed E-state index contributed by atoms with van der Waals surface area (Å²) in [4.78, 5) is 12.3. The SMILES string of the molecule is Nc1nc2sccn2c1S(=O)(=O)Nc1cnc(Br)cn1. The Bertz CT molecular complexity index is 870. The molecule has 0 unspecified atom stereocenters. The third-order valence-electron chi connectivity index (χ3n) is 2.36. The van der Waals surface area contributed by atoms with E-state index in [1.54, 1.807) is 11.6 Å². The number of nitrogens with two attached hydrogens (primary N) is 1. The van der Waals surface area contributed by atoms with E-state index in [1.807, 2.05) is 0 Å². The first kappa shape index (κ1) is 13.3. The van der Waals surface area contributed by atoms with Gasteiger partial charge in [0.2, 0.25) is 5.03 Å². The van der Waals surface area contributed by atoms with Crippen LogP contribution in [0.4, 0.5) is 11.6 Å². The minimum atomic E-state index is -3.90. The number of aromatic nitrogens is 4. The summed E-state index contributed by atoms with van der Waals surface area (Å²) >= 11 is 4.41. The molecular weight excluding hydrogens is 368 g/mol. The van der Waals surface area contributed by atoms with Crippen LogP contribution in [0, 0.1) is 0 Å². The fourth-order valence-electron chi connectivity index (χ4n) is 1.60. The van der Waals surface area contributed by atoms with Crippen molar-refractivity contribution in [2.24, 2.45) is 0 Å². The lowest BCUT2D eigenvalue weighted by Crippen LogP contribution is -2.17. The van der Waals surface area contributed by atoms with E-state index < -0.39 is 10.0 Å². The van der Waals surface area contributed by atoms with Crippen molar-refractivity contribution in [1.29, 1.82) is 0 Å². The van der Waals surface area contributed by atoms with E-state index >= 15 is 0 Å². The molecule has 0 spiro atoms. The predicted molar refractivity (Wildman–Crippen MR) is 78.0 cm³/mol. The van der Waals surface area contributed by atoms with E-state index in [0.29, 0.717) is 9.56 Å². The van der Waals surface area contributed by atoms with Gasteiger partial charge in [-0.15, -0.1) is 11.3 Å². The number of nitrogens with zero attached hydrogens (tertiary/aromatic N) is 4. The predicted octanol–water partition coefficient (Wildman–Crippen LogP) is 1.33. The fourth-order valence-corrected chi connectivity index (χ4v) is 3.79. The molecule has 3 heterocycles. The van der Waals surface area contributed by atoms with E-state index in [9.17, 15) is 8.42 Å². The zero-order chi connectivity index (χ0) is 14.3. The van der Waals surface area contributed by atoms with Gasteiger partial charge in [-0.1, -0.05) is 0 Å². The van der Waals surface area contributed by atoms with Crippen LogP contribution in [0.3, 0.4) is 0 Å². The van der Waals surface area contributed by atoms with Crippen LogP contribution in [0.1, 0.15) is 0 Å². The standard InChI is InChI=1S/C9H7BrN6O2S2/c10-5-3-13-6(4-12-5)15-20(17,18)8-7(11)14-9-16(8)1-2-19-9/h1-4H,11H2,(H,13,15). The molecule has 11 heteroatoms. The Morgan fingerprint density at radius 3 is 2.85 bits per heavy atom. The van der Waals surface area contributed by atoms with Gasteiger partial charge in [-0.05, 0) is 15.9 Å². The highest BCUT2D eigenvalue weighted by atomic mass is 79.9. The number of nitrogens with one attached hydrogen (secondary N) is 1. The summed E-state index contributed by atoms with van der Waals surface area (Å²) in [5, 5.41) is 1.61. The summed E-state index contributed by atoms with van der Waals surface area (Å²) in [6, 6.07) is 0. The van der Waals surface area contributed by atoms with Crippen LogP contribution in [-0.2, 0) is 10.0 Å². The van der Waals surface area contributed by atoms with Crippen molar-refractivity contribution in [1.82, 2.24) is 19.4 Å². The number of hydrogen-bond donors (Lipinski definition) is 2.